The van der Waals surface area contributed by atoms with Crippen LogP contribution in [0, 0.1) is 5.82 Å². The van der Waals surface area contributed by atoms with Gasteiger partial charge in [0.2, 0.25) is 0 Å². The van der Waals surface area contributed by atoms with Crippen LogP contribution in [0.1, 0.15) is 44.2 Å². The molecule has 0 heterocycles. The van der Waals surface area contributed by atoms with Crippen LogP contribution in [0.3, 0.4) is 0 Å². The first-order valence-electron chi connectivity index (χ1n) is 6.44. The molecular formula is C14H22BF. The molecule has 0 radical (unpaired) electrons. The Bertz CT molecular complexity index is 323. The maximum atomic E-state index is 13.2. The molecule has 0 amide bonds. The minimum absolute atomic E-state index is 0.0981. The van der Waals surface area contributed by atoms with Crippen molar-refractivity contribution in [3.8, 4) is 0 Å². The fourth-order valence-corrected chi connectivity index (χ4v) is 1.95. The van der Waals surface area contributed by atoms with Crippen molar-refractivity contribution in [3.63, 3.8) is 0 Å². The summed E-state index contributed by atoms with van der Waals surface area (Å²) in [6.07, 6.45) is 5.58. The summed E-state index contributed by atoms with van der Waals surface area (Å²) in [6, 6.07) is 5.25. The highest BCUT2D eigenvalue weighted by atomic mass is 19.1. The molecule has 0 bridgehead atoms. The van der Waals surface area contributed by atoms with E-state index in [0.29, 0.717) is 0 Å². The summed E-state index contributed by atoms with van der Waals surface area (Å²) in [7, 11) is 2.26. The Balaban J connectivity index is 2.71. The van der Waals surface area contributed by atoms with Crippen LogP contribution >= 0.6 is 0 Å². The van der Waals surface area contributed by atoms with Gasteiger partial charge in [-0.05, 0) is 36.1 Å². The van der Waals surface area contributed by atoms with E-state index in [9.17, 15) is 4.39 Å². The van der Waals surface area contributed by atoms with Crippen LogP contribution in [0.15, 0.2) is 18.2 Å². The van der Waals surface area contributed by atoms with Crippen molar-refractivity contribution < 1.29 is 4.39 Å². The Morgan fingerprint density at radius 2 is 1.94 bits per heavy atom. The van der Waals surface area contributed by atoms with Gasteiger partial charge < -0.3 is 0 Å². The number of benzene rings is 1. The molecule has 0 aromatic heterocycles. The summed E-state index contributed by atoms with van der Waals surface area (Å²) in [4.78, 5) is 0. The maximum absolute atomic E-state index is 13.2. The Labute approximate surface area is 99.7 Å². The lowest BCUT2D eigenvalue weighted by Crippen LogP contribution is -1.99. The zero-order chi connectivity index (χ0) is 12.0. The minimum atomic E-state index is -0.0981. The van der Waals surface area contributed by atoms with Crippen LogP contribution < -0.4 is 0 Å². The Hall–Kier alpha value is -0.785. The molecule has 0 saturated heterocycles. The monoisotopic (exact) mass is 220 g/mol. The van der Waals surface area contributed by atoms with Crippen molar-refractivity contribution in [2.75, 3.05) is 0 Å². The third-order valence-corrected chi connectivity index (χ3v) is 3.29. The molecule has 16 heavy (non-hydrogen) atoms. The van der Waals surface area contributed by atoms with E-state index < -0.39 is 0 Å². The average Bonchev–Trinajstić information content (AvgIpc) is 2.29. The summed E-state index contributed by atoms with van der Waals surface area (Å²) in [6.45, 7) is 4.38. The highest BCUT2D eigenvalue weighted by Gasteiger charge is 2.06. The molecule has 1 aromatic carbocycles. The van der Waals surface area contributed by atoms with Crippen LogP contribution in [0.5, 0.6) is 0 Å². The van der Waals surface area contributed by atoms with Gasteiger partial charge >= 0.3 is 0 Å². The number of hydrogen-bond acceptors (Lipinski definition) is 0. The molecule has 0 fully saturated rings. The van der Waals surface area contributed by atoms with Gasteiger partial charge in [0.15, 0.2) is 0 Å². The topological polar surface area (TPSA) is 0 Å². The van der Waals surface area contributed by atoms with Crippen LogP contribution in [-0.2, 0) is 12.8 Å². The van der Waals surface area contributed by atoms with Gasteiger partial charge in [-0.3, -0.25) is 0 Å². The van der Waals surface area contributed by atoms with E-state index in [1.165, 1.54) is 17.5 Å². The molecule has 0 nitrogen and oxygen atoms in total. The maximum Gasteiger partial charge on any atom is 0.123 e. The van der Waals surface area contributed by atoms with Gasteiger partial charge in [-0.25, -0.2) is 4.39 Å². The van der Waals surface area contributed by atoms with Crippen molar-refractivity contribution in [2.45, 2.75) is 51.8 Å². The van der Waals surface area contributed by atoms with E-state index in [0.717, 1.165) is 31.5 Å². The Kier molecular flexibility index (Phi) is 5.58. The van der Waals surface area contributed by atoms with Crippen molar-refractivity contribution in [1.82, 2.24) is 0 Å². The molecule has 1 rings (SSSR count). The molecule has 2 heteroatoms. The molecule has 0 N–H and O–H groups in total. The quantitative estimate of drug-likeness (QED) is 0.643. The van der Waals surface area contributed by atoms with Crippen LogP contribution in [-0.4, -0.2) is 7.85 Å². The largest absolute Gasteiger partial charge is 0.207 e. The third kappa shape index (κ3) is 4.00. The van der Waals surface area contributed by atoms with E-state index in [2.05, 4.69) is 21.7 Å². The molecule has 0 aliphatic rings. The SMILES string of the molecule is BC(CC)CCc1cc(F)ccc1CCC. The van der Waals surface area contributed by atoms with E-state index in [1.807, 2.05) is 6.07 Å². The molecule has 0 spiro atoms. The number of hydrogen-bond donors (Lipinski definition) is 0. The summed E-state index contributed by atoms with van der Waals surface area (Å²) in [5, 5.41) is 0. The van der Waals surface area contributed by atoms with Gasteiger partial charge in [0.1, 0.15) is 13.7 Å². The van der Waals surface area contributed by atoms with Crippen molar-refractivity contribution in [1.29, 1.82) is 0 Å². The number of aryl methyl sites for hydroxylation is 2. The minimum Gasteiger partial charge on any atom is -0.207 e. The van der Waals surface area contributed by atoms with Crippen LogP contribution in [0.2, 0.25) is 5.82 Å². The Morgan fingerprint density at radius 1 is 1.19 bits per heavy atom. The normalized spacial score (nSPS) is 12.7. The molecule has 1 unspecified atom stereocenters. The third-order valence-electron chi connectivity index (χ3n) is 3.29. The van der Waals surface area contributed by atoms with E-state index in [-0.39, 0.29) is 5.82 Å². The van der Waals surface area contributed by atoms with Crippen molar-refractivity contribution in [2.24, 2.45) is 0 Å². The highest BCUT2D eigenvalue weighted by molar-refractivity contribution is 6.11. The van der Waals surface area contributed by atoms with Gasteiger partial charge in [-0.1, -0.05) is 45.0 Å². The lowest BCUT2D eigenvalue weighted by Gasteiger charge is -2.12. The average molecular weight is 220 g/mol. The molecule has 1 aromatic rings. The smallest absolute Gasteiger partial charge is 0.123 e. The second kappa shape index (κ2) is 6.72. The summed E-state index contributed by atoms with van der Waals surface area (Å²) in [5.74, 6) is 0.636. The van der Waals surface area contributed by atoms with E-state index >= 15 is 0 Å². The molecule has 0 aliphatic heterocycles. The van der Waals surface area contributed by atoms with Gasteiger partial charge in [-0.15, -0.1) is 0 Å². The summed E-state index contributed by atoms with van der Waals surface area (Å²) < 4.78 is 13.2. The highest BCUT2D eigenvalue weighted by Crippen LogP contribution is 2.19. The molecular weight excluding hydrogens is 198 g/mol. The van der Waals surface area contributed by atoms with Crippen molar-refractivity contribution >= 4 is 7.85 Å². The van der Waals surface area contributed by atoms with Crippen molar-refractivity contribution in [3.05, 3.63) is 35.1 Å². The first-order chi connectivity index (χ1) is 7.67. The van der Waals surface area contributed by atoms with Gasteiger partial charge in [0.05, 0.1) is 0 Å². The lowest BCUT2D eigenvalue weighted by atomic mass is 9.80. The van der Waals surface area contributed by atoms with Gasteiger partial charge in [0, 0.05) is 0 Å². The van der Waals surface area contributed by atoms with E-state index in [1.54, 1.807) is 12.1 Å². The predicted molar refractivity (Wildman–Crippen MR) is 71.3 cm³/mol. The number of halogens is 1. The fourth-order valence-electron chi connectivity index (χ4n) is 1.95. The van der Waals surface area contributed by atoms with E-state index in [4.69, 9.17) is 0 Å². The second-order valence-corrected chi connectivity index (χ2v) is 4.72. The summed E-state index contributed by atoms with van der Waals surface area (Å²) >= 11 is 0. The predicted octanol–water partition coefficient (Wildman–Crippen LogP) is 3.54. The van der Waals surface area contributed by atoms with Gasteiger partial charge in [-0.2, -0.15) is 0 Å². The number of rotatable bonds is 6. The second-order valence-electron chi connectivity index (χ2n) is 4.72. The Morgan fingerprint density at radius 3 is 2.56 bits per heavy atom. The fraction of sp³-hybridized carbons (Fsp3) is 0.571. The zero-order valence-corrected chi connectivity index (χ0v) is 10.7. The first kappa shape index (κ1) is 13.3. The summed E-state index contributed by atoms with van der Waals surface area (Å²) in [5.41, 5.74) is 2.54. The zero-order valence-electron chi connectivity index (χ0n) is 10.7. The molecule has 88 valence electrons. The lowest BCUT2D eigenvalue weighted by molar-refractivity contribution is 0.621. The van der Waals surface area contributed by atoms with Gasteiger partial charge in [0.25, 0.3) is 0 Å². The first-order valence-corrected chi connectivity index (χ1v) is 6.44. The standard InChI is InChI=1S/C14H22BF/c1-3-5-11-7-9-14(16)10-12(11)6-8-13(15)4-2/h7,9-10,13H,3-6,8,15H2,1-2H3. The van der Waals surface area contributed by atoms with Crippen LogP contribution in [0.25, 0.3) is 0 Å². The molecule has 0 saturated carbocycles. The molecule has 0 aliphatic carbocycles. The molecule has 1 atom stereocenters. The van der Waals surface area contributed by atoms with Crippen LogP contribution in [0.4, 0.5) is 4.39 Å².